The molecule has 1 amide bonds. The number of nitrogens with zero attached hydrogens (tertiary/aromatic N) is 2. The van der Waals surface area contributed by atoms with Crippen molar-refractivity contribution in [3.8, 4) is 0 Å². The van der Waals surface area contributed by atoms with E-state index in [9.17, 15) is 9.18 Å². The zero-order valence-electron chi connectivity index (χ0n) is 12.8. The smallest absolute Gasteiger partial charge is 0.248 e. The van der Waals surface area contributed by atoms with Gasteiger partial charge >= 0.3 is 0 Å². The fourth-order valence-electron chi connectivity index (χ4n) is 3.14. The quantitative estimate of drug-likeness (QED) is 0.813. The number of benzene rings is 1. The number of hydrogen-bond donors (Lipinski definition) is 0. The zero-order chi connectivity index (χ0) is 15.6. The largest absolute Gasteiger partial charge is 0.369 e. The normalized spacial score (nSPS) is 27.2. The Bertz CT molecular complexity index is 554. The molecular formula is C16H21FN2O3. The Morgan fingerprint density at radius 2 is 2.23 bits per heavy atom. The molecule has 2 fully saturated rings. The number of hydrogen-bond acceptors (Lipinski definition) is 4. The van der Waals surface area contributed by atoms with Crippen LogP contribution in [0, 0.1) is 5.82 Å². The van der Waals surface area contributed by atoms with Crippen LogP contribution in [0.3, 0.4) is 0 Å². The third kappa shape index (κ3) is 3.45. The lowest BCUT2D eigenvalue weighted by Gasteiger charge is -2.42. The molecule has 0 saturated carbocycles. The first kappa shape index (κ1) is 15.4. The first-order chi connectivity index (χ1) is 10.6. The van der Waals surface area contributed by atoms with Gasteiger partial charge in [-0.1, -0.05) is 12.1 Å². The van der Waals surface area contributed by atoms with Gasteiger partial charge in [-0.25, -0.2) is 4.39 Å². The number of ether oxygens (including phenoxy) is 2. The van der Waals surface area contributed by atoms with Gasteiger partial charge in [0, 0.05) is 26.7 Å². The lowest BCUT2D eigenvalue weighted by Crippen LogP contribution is -2.58. The van der Waals surface area contributed by atoms with Gasteiger partial charge in [0.15, 0.2) is 0 Å². The summed E-state index contributed by atoms with van der Waals surface area (Å²) in [7, 11) is 1.77. The second-order valence-electron chi connectivity index (χ2n) is 6.11. The van der Waals surface area contributed by atoms with E-state index in [0.29, 0.717) is 32.8 Å². The van der Waals surface area contributed by atoms with Gasteiger partial charge in [-0.3, -0.25) is 9.69 Å². The van der Waals surface area contributed by atoms with Crippen LogP contribution in [0.1, 0.15) is 5.56 Å². The van der Waals surface area contributed by atoms with Crippen LogP contribution >= 0.6 is 0 Å². The highest BCUT2D eigenvalue weighted by Gasteiger charge is 2.41. The number of carbonyl (C=O) groups excluding carboxylic acids is 1. The Morgan fingerprint density at radius 1 is 1.36 bits per heavy atom. The molecule has 0 radical (unpaired) electrons. The van der Waals surface area contributed by atoms with Crippen molar-refractivity contribution in [2.24, 2.45) is 0 Å². The van der Waals surface area contributed by atoms with Crippen LogP contribution in [-0.4, -0.2) is 67.8 Å². The SMILES string of the molecule is CN1CC2(COCC1=O)CN(Cc1cccc(F)c1)CCO2. The van der Waals surface area contributed by atoms with Crippen LogP contribution < -0.4 is 0 Å². The number of likely N-dealkylation sites (N-methyl/N-ethyl adjacent to an activating group) is 1. The van der Waals surface area contributed by atoms with Crippen molar-refractivity contribution in [1.82, 2.24) is 9.80 Å². The average Bonchev–Trinajstić information content (AvgIpc) is 2.59. The van der Waals surface area contributed by atoms with Gasteiger partial charge in [-0.15, -0.1) is 0 Å². The molecule has 120 valence electrons. The second-order valence-corrected chi connectivity index (χ2v) is 6.11. The van der Waals surface area contributed by atoms with Gasteiger partial charge in [0.05, 0.1) is 19.8 Å². The van der Waals surface area contributed by atoms with Crippen molar-refractivity contribution >= 4 is 5.91 Å². The maximum Gasteiger partial charge on any atom is 0.248 e. The fraction of sp³-hybridized carbons (Fsp3) is 0.562. The first-order valence-electron chi connectivity index (χ1n) is 7.49. The van der Waals surface area contributed by atoms with Crippen LogP contribution in [0.2, 0.25) is 0 Å². The summed E-state index contributed by atoms with van der Waals surface area (Å²) in [6.45, 7) is 3.73. The topological polar surface area (TPSA) is 42.0 Å². The molecule has 2 heterocycles. The van der Waals surface area contributed by atoms with E-state index >= 15 is 0 Å². The average molecular weight is 308 g/mol. The van der Waals surface area contributed by atoms with Crippen molar-refractivity contribution < 1.29 is 18.7 Å². The fourth-order valence-corrected chi connectivity index (χ4v) is 3.14. The lowest BCUT2D eigenvalue weighted by molar-refractivity contribution is -0.143. The van der Waals surface area contributed by atoms with Gasteiger partial charge in [0.2, 0.25) is 5.91 Å². The molecule has 2 aliphatic heterocycles. The predicted molar refractivity (Wildman–Crippen MR) is 78.8 cm³/mol. The van der Waals surface area contributed by atoms with Crippen molar-refractivity contribution in [1.29, 1.82) is 0 Å². The number of carbonyl (C=O) groups is 1. The summed E-state index contributed by atoms with van der Waals surface area (Å²) in [5, 5.41) is 0. The molecular weight excluding hydrogens is 287 g/mol. The summed E-state index contributed by atoms with van der Waals surface area (Å²) in [6, 6.07) is 6.65. The van der Waals surface area contributed by atoms with Gasteiger partial charge < -0.3 is 14.4 Å². The number of halogens is 1. The highest BCUT2D eigenvalue weighted by molar-refractivity contribution is 5.77. The Morgan fingerprint density at radius 3 is 3.05 bits per heavy atom. The monoisotopic (exact) mass is 308 g/mol. The lowest BCUT2D eigenvalue weighted by atomic mass is 10.0. The van der Waals surface area contributed by atoms with Crippen LogP contribution in [0.4, 0.5) is 4.39 Å². The van der Waals surface area contributed by atoms with Crippen LogP contribution in [-0.2, 0) is 20.8 Å². The Kier molecular flexibility index (Phi) is 4.42. The van der Waals surface area contributed by atoms with E-state index in [-0.39, 0.29) is 18.3 Å². The standard InChI is InChI=1S/C16H21FN2O3/c1-18-10-16(12-21-9-15(18)20)11-19(5-6-22-16)8-13-3-2-4-14(17)7-13/h2-4,7H,5-6,8-12H2,1H3. The highest BCUT2D eigenvalue weighted by Crippen LogP contribution is 2.23. The molecule has 0 bridgehead atoms. The molecule has 6 heteroatoms. The summed E-state index contributed by atoms with van der Waals surface area (Å²) < 4.78 is 24.8. The van der Waals surface area contributed by atoms with E-state index in [2.05, 4.69) is 4.90 Å². The van der Waals surface area contributed by atoms with Gasteiger partial charge in [0.1, 0.15) is 18.0 Å². The Balaban J connectivity index is 1.69. The molecule has 2 aliphatic rings. The van der Waals surface area contributed by atoms with E-state index in [1.165, 1.54) is 6.07 Å². The first-order valence-corrected chi connectivity index (χ1v) is 7.49. The molecule has 2 saturated heterocycles. The maximum atomic E-state index is 13.3. The van der Waals surface area contributed by atoms with Crippen LogP contribution in [0.15, 0.2) is 24.3 Å². The molecule has 22 heavy (non-hydrogen) atoms. The third-order valence-corrected chi connectivity index (χ3v) is 4.16. The van der Waals surface area contributed by atoms with Crippen LogP contribution in [0.5, 0.6) is 0 Å². The molecule has 0 aromatic heterocycles. The van der Waals surface area contributed by atoms with Crippen LogP contribution in [0.25, 0.3) is 0 Å². The van der Waals surface area contributed by atoms with E-state index < -0.39 is 5.60 Å². The molecule has 3 rings (SSSR count). The van der Waals surface area contributed by atoms with E-state index in [0.717, 1.165) is 12.1 Å². The molecule has 0 N–H and O–H groups in total. The molecule has 1 atom stereocenters. The molecule has 1 spiro atoms. The molecule has 1 unspecified atom stereocenters. The minimum absolute atomic E-state index is 0.0253. The Hall–Kier alpha value is -1.50. The number of morpholine rings is 1. The summed E-state index contributed by atoms with van der Waals surface area (Å²) in [6.07, 6.45) is 0. The van der Waals surface area contributed by atoms with E-state index in [4.69, 9.17) is 9.47 Å². The second kappa shape index (κ2) is 6.32. The summed E-state index contributed by atoms with van der Waals surface area (Å²) >= 11 is 0. The van der Waals surface area contributed by atoms with E-state index in [1.807, 2.05) is 6.07 Å². The van der Waals surface area contributed by atoms with Crippen molar-refractivity contribution in [2.45, 2.75) is 12.1 Å². The summed E-state index contributed by atoms with van der Waals surface area (Å²) in [4.78, 5) is 15.6. The predicted octanol–water partition coefficient (Wildman–Crippen LogP) is 0.885. The molecule has 1 aromatic carbocycles. The number of amides is 1. The van der Waals surface area contributed by atoms with Crippen molar-refractivity contribution in [3.05, 3.63) is 35.6 Å². The highest BCUT2D eigenvalue weighted by atomic mass is 19.1. The van der Waals surface area contributed by atoms with Gasteiger partial charge in [0.25, 0.3) is 0 Å². The van der Waals surface area contributed by atoms with Gasteiger partial charge in [-0.05, 0) is 17.7 Å². The molecule has 0 aliphatic carbocycles. The van der Waals surface area contributed by atoms with Gasteiger partial charge in [-0.2, -0.15) is 0 Å². The minimum atomic E-state index is -0.494. The molecule has 5 nitrogen and oxygen atoms in total. The van der Waals surface area contributed by atoms with Crippen molar-refractivity contribution in [2.75, 3.05) is 46.5 Å². The molecule has 1 aromatic rings. The zero-order valence-corrected chi connectivity index (χ0v) is 12.8. The van der Waals surface area contributed by atoms with Crippen molar-refractivity contribution in [3.63, 3.8) is 0 Å². The summed E-state index contributed by atoms with van der Waals surface area (Å²) in [5.74, 6) is -0.244. The minimum Gasteiger partial charge on any atom is -0.369 e. The third-order valence-electron chi connectivity index (χ3n) is 4.16. The summed E-state index contributed by atoms with van der Waals surface area (Å²) in [5.41, 5.74) is 0.447. The number of rotatable bonds is 2. The Labute approximate surface area is 129 Å². The van der Waals surface area contributed by atoms with E-state index in [1.54, 1.807) is 24.1 Å². The maximum absolute atomic E-state index is 13.3.